The first-order valence-electron chi connectivity index (χ1n) is 5.72. The van der Waals surface area contributed by atoms with E-state index in [-0.39, 0.29) is 0 Å². The van der Waals surface area contributed by atoms with Crippen LogP contribution in [-0.2, 0) is 11.2 Å². The van der Waals surface area contributed by atoms with E-state index in [2.05, 4.69) is 37.4 Å². The second-order valence-electron chi connectivity index (χ2n) is 4.14. The fourth-order valence-corrected chi connectivity index (χ4v) is 2.15. The van der Waals surface area contributed by atoms with Gasteiger partial charge in [0.25, 0.3) is 0 Å². The van der Waals surface area contributed by atoms with Crippen molar-refractivity contribution < 1.29 is 4.74 Å². The van der Waals surface area contributed by atoms with Gasteiger partial charge in [0.2, 0.25) is 0 Å². The van der Waals surface area contributed by atoms with Gasteiger partial charge in [0, 0.05) is 0 Å². The summed E-state index contributed by atoms with van der Waals surface area (Å²) in [4.78, 5) is 0. The zero-order valence-corrected chi connectivity index (χ0v) is 9.55. The lowest BCUT2D eigenvalue weighted by atomic mass is 9.97. The van der Waals surface area contributed by atoms with Gasteiger partial charge in [-0.3, -0.25) is 0 Å². The van der Waals surface area contributed by atoms with Crippen molar-refractivity contribution in [3.05, 3.63) is 34.9 Å². The molecule has 0 radical (unpaired) electrons. The molecule has 0 aliphatic carbocycles. The number of likely N-dealkylation sites (N-methyl/N-ethyl adjacent to an activating group) is 1. The van der Waals surface area contributed by atoms with Gasteiger partial charge in [-0.25, -0.2) is 0 Å². The maximum absolute atomic E-state index is 5.62. The summed E-state index contributed by atoms with van der Waals surface area (Å²) in [6.07, 6.45) is 1.04. The van der Waals surface area contributed by atoms with Crippen LogP contribution < -0.4 is 5.32 Å². The molecule has 2 nitrogen and oxygen atoms in total. The van der Waals surface area contributed by atoms with E-state index < -0.39 is 0 Å². The average molecular weight is 205 g/mol. The predicted molar refractivity (Wildman–Crippen MR) is 62.1 cm³/mol. The SMILES string of the molecule is CCNC1COCCc2ccc(C)cc21. The molecule has 0 aromatic heterocycles. The van der Waals surface area contributed by atoms with Gasteiger partial charge in [0.1, 0.15) is 0 Å². The maximum Gasteiger partial charge on any atom is 0.0661 e. The molecule has 1 heterocycles. The summed E-state index contributed by atoms with van der Waals surface area (Å²) in [5.74, 6) is 0. The topological polar surface area (TPSA) is 21.3 Å². The first kappa shape index (κ1) is 10.7. The van der Waals surface area contributed by atoms with E-state index in [0.29, 0.717) is 6.04 Å². The Morgan fingerprint density at radius 1 is 1.47 bits per heavy atom. The first-order valence-corrected chi connectivity index (χ1v) is 5.72. The Balaban J connectivity index is 2.33. The van der Waals surface area contributed by atoms with E-state index in [4.69, 9.17) is 4.74 Å². The smallest absolute Gasteiger partial charge is 0.0661 e. The third-order valence-electron chi connectivity index (χ3n) is 2.93. The van der Waals surface area contributed by atoms with Crippen LogP contribution in [0.15, 0.2) is 18.2 Å². The standard InChI is InChI=1S/C13H19NO/c1-3-14-13-9-15-7-6-11-5-4-10(2)8-12(11)13/h4-5,8,13-14H,3,6-7,9H2,1-2H3. The molecule has 1 N–H and O–H groups in total. The summed E-state index contributed by atoms with van der Waals surface area (Å²) in [5.41, 5.74) is 4.19. The van der Waals surface area contributed by atoms with Gasteiger partial charge in [-0.1, -0.05) is 30.7 Å². The van der Waals surface area contributed by atoms with Crippen LogP contribution in [0, 0.1) is 6.92 Å². The first-order chi connectivity index (χ1) is 7.31. The summed E-state index contributed by atoms with van der Waals surface area (Å²) < 4.78 is 5.62. The van der Waals surface area contributed by atoms with Gasteiger partial charge >= 0.3 is 0 Å². The van der Waals surface area contributed by atoms with E-state index in [0.717, 1.165) is 26.2 Å². The van der Waals surface area contributed by atoms with Gasteiger partial charge in [0.15, 0.2) is 0 Å². The van der Waals surface area contributed by atoms with E-state index in [1.807, 2.05) is 0 Å². The van der Waals surface area contributed by atoms with Crippen molar-refractivity contribution in [2.45, 2.75) is 26.3 Å². The zero-order chi connectivity index (χ0) is 10.7. The molecule has 1 aromatic carbocycles. The normalized spacial score (nSPS) is 20.8. The lowest BCUT2D eigenvalue weighted by molar-refractivity contribution is 0.122. The summed E-state index contributed by atoms with van der Waals surface area (Å²) in [7, 11) is 0. The summed E-state index contributed by atoms with van der Waals surface area (Å²) in [5, 5.41) is 3.48. The quantitative estimate of drug-likeness (QED) is 0.799. The molecule has 2 rings (SSSR count). The van der Waals surface area contributed by atoms with Crippen LogP contribution in [0.4, 0.5) is 0 Å². The molecule has 2 heteroatoms. The van der Waals surface area contributed by atoms with Crippen LogP contribution in [0.5, 0.6) is 0 Å². The van der Waals surface area contributed by atoms with Gasteiger partial charge in [-0.05, 0) is 31.0 Å². The number of nitrogens with one attached hydrogen (secondary N) is 1. The molecular weight excluding hydrogens is 186 g/mol. The van der Waals surface area contributed by atoms with E-state index in [9.17, 15) is 0 Å². The average Bonchev–Trinajstić information content (AvgIpc) is 2.42. The third-order valence-corrected chi connectivity index (χ3v) is 2.93. The van der Waals surface area contributed by atoms with Crippen LogP contribution in [0.1, 0.15) is 29.7 Å². The molecule has 0 saturated carbocycles. The summed E-state index contributed by atoms with van der Waals surface area (Å²) in [6.45, 7) is 6.92. The van der Waals surface area contributed by atoms with Crippen molar-refractivity contribution >= 4 is 0 Å². The van der Waals surface area contributed by atoms with Crippen molar-refractivity contribution in [1.29, 1.82) is 0 Å². The summed E-state index contributed by atoms with van der Waals surface area (Å²) in [6, 6.07) is 7.08. The largest absolute Gasteiger partial charge is 0.379 e. The Bertz CT molecular complexity index is 335. The van der Waals surface area contributed by atoms with Crippen LogP contribution >= 0.6 is 0 Å². The molecule has 1 aromatic rings. The minimum atomic E-state index is 0.368. The highest BCUT2D eigenvalue weighted by molar-refractivity contribution is 5.34. The summed E-state index contributed by atoms with van der Waals surface area (Å²) >= 11 is 0. The molecule has 1 aliphatic heterocycles. The van der Waals surface area contributed by atoms with Crippen molar-refractivity contribution in [3.8, 4) is 0 Å². The molecule has 1 unspecified atom stereocenters. The number of fused-ring (bicyclic) bond motifs is 1. The number of hydrogen-bond donors (Lipinski definition) is 1. The minimum Gasteiger partial charge on any atom is -0.379 e. The minimum absolute atomic E-state index is 0.368. The highest BCUT2D eigenvalue weighted by Gasteiger charge is 2.17. The lowest BCUT2D eigenvalue weighted by Gasteiger charge is -2.18. The van der Waals surface area contributed by atoms with Crippen molar-refractivity contribution in [1.82, 2.24) is 5.32 Å². The van der Waals surface area contributed by atoms with Crippen LogP contribution in [0.2, 0.25) is 0 Å². The Hall–Kier alpha value is -0.860. The molecule has 1 atom stereocenters. The third kappa shape index (κ3) is 2.39. The highest BCUT2D eigenvalue weighted by Crippen LogP contribution is 2.23. The Morgan fingerprint density at radius 2 is 2.33 bits per heavy atom. The number of ether oxygens (including phenoxy) is 1. The Labute approximate surface area is 91.6 Å². The molecule has 82 valence electrons. The predicted octanol–water partition coefficient (Wildman–Crippen LogP) is 2.22. The highest BCUT2D eigenvalue weighted by atomic mass is 16.5. The van der Waals surface area contributed by atoms with Crippen molar-refractivity contribution in [2.24, 2.45) is 0 Å². The van der Waals surface area contributed by atoms with Gasteiger partial charge < -0.3 is 10.1 Å². The molecule has 1 aliphatic rings. The second kappa shape index (κ2) is 4.77. The Morgan fingerprint density at radius 3 is 3.13 bits per heavy atom. The molecule has 0 spiro atoms. The molecular formula is C13H19NO. The zero-order valence-electron chi connectivity index (χ0n) is 9.55. The van der Waals surface area contributed by atoms with Gasteiger partial charge in [-0.2, -0.15) is 0 Å². The molecule has 0 fully saturated rings. The fourth-order valence-electron chi connectivity index (χ4n) is 2.15. The van der Waals surface area contributed by atoms with E-state index >= 15 is 0 Å². The number of benzene rings is 1. The Kier molecular flexibility index (Phi) is 3.39. The van der Waals surface area contributed by atoms with E-state index in [1.165, 1.54) is 16.7 Å². The van der Waals surface area contributed by atoms with Gasteiger partial charge in [-0.15, -0.1) is 0 Å². The second-order valence-corrected chi connectivity index (χ2v) is 4.14. The monoisotopic (exact) mass is 205 g/mol. The molecule has 15 heavy (non-hydrogen) atoms. The fraction of sp³-hybridized carbons (Fsp3) is 0.538. The number of rotatable bonds is 2. The maximum atomic E-state index is 5.62. The number of hydrogen-bond acceptors (Lipinski definition) is 2. The molecule has 0 bridgehead atoms. The van der Waals surface area contributed by atoms with Crippen LogP contribution in [0.3, 0.4) is 0 Å². The molecule has 0 saturated heterocycles. The molecule has 0 amide bonds. The van der Waals surface area contributed by atoms with Crippen molar-refractivity contribution in [3.63, 3.8) is 0 Å². The van der Waals surface area contributed by atoms with E-state index in [1.54, 1.807) is 0 Å². The number of aryl methyl sites for hydroxylation is 1. The van der Waals surface area contributed by atoms with Crippen molar-refractivity contribution in [2.75, 3.05) is 19.8 Å². The van der Waals surface area contributed by atoms with Gasteiger partial charge in [0.05, 0.1) is 19.3 Å². The lowest BCUT2D eigenvalue weighted by Crippen LogP contribution is -2.24. The van der Waals surface area contributed by atoms with Crippen LogP contribution in [-0.4, -0.2) is 19.8 Å². The van der Waals surface area contributed by atoms with Crippen LogP contribution in [0.25, 0.3) is 0 Å².